The number of carbonyl (C=O) groups is 2. The number of nitrogens with zero attached hydrogens (tertiary/aromatic N) is 1. The Hall–Kier alpha value is -1.84. The predicted molar refractivity (Wildman–Crippen MR) is 67.5 cm³/mol. The third-order valence-corrected chi connectivity index (χ3v) is 3.37. The summed E-state index contributed by atoms with van der Waals surface area (Å²) in [4.78, 5) is 24.4. The molecule has 1 aliphatic heterocycles. The van der Waals surface area contributed by atoms with Gasteiger partial charge in [-0.25, -0.2) is 4.79 Å². The number of likely N-dealkylation sites (tertiary alicyclic amines) is 1. The Balaban J connectivity index is 1.95. The van der Waals surface area contributed by atoms with E-state index < -0.39 is 6.09 Å². The average Bonchev–Trinajstić information content (AvgIpc) is 2.40. The van der Waals surface area contributed by atoms with Crippen LogP contribution in [0.4, 0.5) is 4.79 Å². The van der Waals surface area contributed by atoms with Crippen molar-refractivity contribution in [2.45, 2.75) is 19.3 Å². The van der Waals surface area contributed by atoms with Crippen LogP contribution >= 0.6 is 0 Å². The summed E-state index contributed by atoms with van der Waals surface area (Å²) in [5, 5.41) is 8.94. The fourth-order valence-electron chi connectivity index (χ4n) is 2.36. The van der Waals surface area contributed by atoms with E-state index in [1.807, 2.05) is 30.3 Å². The van der Waals surface area contributed by atoms with Crippen molar-refractivity contribution >= 4 is 11.9 Å². The first-order valence-electron chi connectivity index (χ1n) is 6.21. The van der Waals surface area contributed by atoms with Crippen molar-refractivity contribution in [1.29, 1.82) is 0 Å². The minimum absolute atomic E-state index is 0.143. The lowest BCUT2D eigenvalue weighted by atomic mass is 9.90. The predicted octanol–water partition coefficient (Wildman–Crippen LogP) is 2.19. The highest BCUT2D eigenvalue weighted by atomic mass is 16.4. The number of carboxylic acid groups (broad SMARTS) is 1. The van der Waals surface area contributed by atoms with E-state index in [4.69, 9.17) is 5.11 Å². The minimum atomic E-state index is -0.924. The van der Waals surface area contributed by atoms with Gasteiger partial charge in [-0.05, 0) is 18.4 Å². The zero-order chi connectivity index (χ0) is 13.0. The lowest BCUT2D eigenvalue weighted by Crippen LogP contribution is -2.41. The average molecular weight is 247 g/mol. The molecule has 1 aromatic carbocycles. The maximum absolute atomic E-state index is 12.1. The number of piperidine rings is 1. The van der Waals surface area contributed by atoms with Gasteiger partial charge in [0, 0.05) is 25.4 Å². The molecule has 18 heavy (non-hydrogen) atoms. The second kappa shape index (κ2) is 5.67. The third-order valence-electron chi connectivity index (χ3n) is 3.37. The number of ketones is 1. The largest absolute Gasteiger partial charge is 0.465 e. The molecule has 1 heterocycles. The zero-order valence-electron chi connectivity index (χ0n) is 10.2. The fourth-order valence-corrected chi connectivity index (χ4v) is 2.36. The summed E-state index contributed by atoms with van der Waals surface area (Å²) in [6, 6.07) is 9.59. The highest BCUT2D eigenvalue weighted by molar-refractivity contribution is 5.84. The molecule has 0 unspecified atom stereocenters. The molecule has 0 spiro atoms. The molecule has 0 radical (unpaired) electrons. The van der Waals surface area contributed by atoms with Gasteiger partial charge < -0.3 is 10.0 Å². The summed E-state index contributed by atoms with van der Waals surface area (Å²) < 4.78 is 0. The topological polar surface area (TPSA) is 57.6 Å². The summed E-state index contributed by atoms with van der Waals surface area (Å²) in [6.07, 6.45) is 1.05. The van der Waals surface area contributed by atoms with Crippen molar-refractivity contribution in [3.8, 4) is 0 Å². The Morgan fingerprint density at radius 3 is 2.67 bits per heavy atom. The molecule has 1 saturated heterocycles. The second-order valence-electron chi connectivity index (χ2n) is 4.70. The Morgan fingerprint density at radius 1 is 1.28 bits per heavy atom. The smallest absolute Gasteiger partial charge is 0.407 e. The maximum Gasteiger partial charge on any atom is 0.407 e. The summed E-state index contributed by atoms with van der Waals surface area (Å²) in [5.74, 6) is 0.00204. The lowest BCUT2D eigenvalue weighted by Gasteiger charge is -2.29. The molecule has 0 aromatic heterocycles. The molecule has 1 N–H and O–H groups in total. The molecule has 1 atom stereocenters. The first-order chi connectivity index (χ1) is 8.66. The van der Waals surface area contributed by atoms with Gasteiger partial charge in [0.05, 0.1) is 0 Å². The van der Waals surface area contributed by atoms with Crippen LogP contribution in [0.3, 0.4) is 0 Å². The van der Waals surface area contributed by atoms with Crippen LogP contribution in [0, 0.1) is 5.92 Å². The van der Waals surface area contributed by atoms with Crippen molar-refractivity contribution in [1.82, 2.24) is 4.90 Å². The van der Waals surface area contributed by atoms with Gasteiger partial charge in [-0.1, -0.05) is 30.3 Å². The molecule has 96 valence electrons. The number of rotatable bonds is 3. The molecular formula is C14H17NO3. The molecule has 1 fully saturated rings. The molecule has 0 saturated carbocycles. The molecule has 2 rings (SSSR count). The number of amides is 1. The Morgan fingerprint density at radius 2 is 2.00 bits per heavy atom. The van der Waals surface area contributed by atoms with Gasteiger partial charge in [-0.3, -0.25) is 4.79 Å². The summed E-state index contributed by atoms with van der Waals surface area (Å²) >= 11 is 0. The number of hydrogen-bond acceptors (Lipinski definition) is 2. The van der Waals surface area contributed by atoms with Gasteiger partial charge >= 0.3 is 6.09 Å². The van der Waals surface area contributed by atoms with Crippen molar-refractivity contribution < 1.29 is 14.7 Å². The van der Waals surface area contributed by atoms with Gasteiger partial charge in [-0.15, -0.1) is 0 Å². The SMILES string of the molecule is O=C(Cc1ccccc1)[C@@H]1CCCN(C(=O)O)C1. The Kier molecular flexibility index (Phi) is 3.97. The van der Waals surface area contributed by atoms with Crippen molar-refractivity contribution in [3.05, 3.63) is 35.9 Å². The van der Waals surface area contributed by atoms with E-state index in [9.17, 15) is 9.59 Å². The van der Waals surface area contributed by atoms with Gasteiger partial charge in [0.25, 0.3) is 0 Å². The quantitative estimate of drug-likeness (QED) is 0.890. The molecule has 1 aromatic rings. The normalized spacial score (nSPS) is 19.6. The van der Waals surface area contributed by atoms with Gasteiger partial charge in [-0.2, -0.15) is 0 Å². The highest BCUT2D eigenvalue weighted by Crippen LogP contribution is 2.19. The van der Waals surface area contributed by atoms with Crippen LogP contribution < -0.4 is 0 Å². The van der Waals surface area contributed by atoms with Crippen LogP contribution in [0.2, 0.25) is 0 Å². The lowest BCUT2D eigenvalue weighted by molar-refractivity contribution is -0.123. The molecular weight excluding hydrogens is 230 g/mol. The first kappa shape index (κ1) is 12.6. The van der Waals surface area contributed by atoms with Crippen LogP contribution in [0.25, 0.3) is 0 Å². The second-order valence-corrected chi connectivity index (χ2v) is 4.70. The summed E-state index contributed by atoms with van der Waals surface area (Å²) in [5.41, 5.74) is 0.995. The van der Waals surface area contributed by atoms with E-state index in [1.54, 1.807) is 0 Å². The van der Waals surface area contributed by atoms with E-state index >= 15 is 0 Å². The maximum atomic E-state index is 12.1. The highest BCUT2D eigenvalue weighted by Gasteiger charge is 2.27. The zero-order valence-corrected chi connectivity index (χ0v) is 10.2. The molecule has 1 aliphatic rings. The van der Waals surface area contributed by atoms with E-state index in [0.717, 1.165) is 18.4 Å². The van der Waals surface area contributed by atoms with E-state index in [1.165, 1.54) is 4.90 Å². The fraction of sp³-hybridized carbons (Fsp3) is 0.429. The standard InChI is InChI=1S/C14H17NO3/c16-13(9-11-5-2-1-3-6-11)12-7-4-8-15(10-12)14(17)18/h1-3,5-6,12H,4,7-10H2,(H,17,18)/t12-/m1/s1. The molecule has 0 aliphatic carbocycles. The minimum Gasteiger partial charge on any atom is -0.465 e. The Bertz CT molecular complexity index is 430. The van der Waals surface area contributed by atoms with Gasteiger partial charge in [0.2, 0.25) is 0 Å². The van der Waals surface area contributed by atoms with Crippen molar-refractivity contribution in [2.24, 2.45) is 5.92 Å². The van der Waals surface area contributed by atoms with Crippen molar-refractivity contribution in [3.63, 3.8) is 0 Å². The third kappa shape index (κ3) is 3.09. The summed E-state index contributed by atoms with van der Waals surface area (Å²) in [6.45, 7) is 0.894. The molecule has 1 amide bonds. The van der Waals surface area contributed by atoms with Crippen LogP contribution in [0.15, 0.2) is 30.3 Å². The number of Topliss-reactive ketones (excluding diaryl/α,β-unsaturated/α-hetero) is 1. The van der Waals surface area contributed by atoms with Gasteiger partial charge in [0.15, 0.2) is 0 Å². The van der Waals surface area contributed by atoms with Crippen molar-refractivity contribution in [2.75, 3.05) is 13.1 Å². The Labute approximate surface area is 106 Å². The monoisotopic (exact) mass is 247 g/mol. The number of benzene rings is 1. The van der Waals surface area contributed by atoms with Crippen LogP contribution in [0.5, 0.6) is 0 Å². The van der Waals surface area contributed by atoms with E-state index in [0.29, 0.717) is 19.5 Å². The number of carbonyl (C=O) groups excluding carboxylic acids is 1. The van der Waals surface area contributed by atoms with Crippen LogP contribution in [0.1, 0.15) is 18.4 Å². The van der Waals surface area contributed by atoms with Crippen LogP contribution in [-0.4, -0.2) is 35.0 Å². The van der Waals surface area contributed by atoms with E-state index in [2.05, 4.69) is 0 Å². The van der Waals surface area contributed by atoms with E-state index in [-0.39, 0.29) is 11.7 Å². The molecule has 4 heteroatoms. The summed E-state index contributed by atoms with van der Waals surface area (Å²) in [7, 11) is 0. The van der Waals surface area contributed by atoms with Crippen LogP contribution in [-0.2, 0) is 11.2 Å². The molecule has 4 nitrogen and oxygen atoms in total. The molecule has 0 bridgehead atoms. The number of hydrogen-bond donors (Lipinski definition) is 1. The van der Waals surface area contributed by atoms with Gasteiger partial charge in [0.1, 0.15) is 5.78 Å². The first-order valence-corrected chi connectivity index (χ1v) is 6.21.